The Hall–Kier alpha value is -2.74. The van der Waals surface area contributed by atoms with Gasteiger partial charge in [-0.3, -0.25) is 0 Å². The summed E-state index contributed by atoms with van der Waals surface area (Å²) >= 11 is 0. The zero-order chi connectivity index (χ0) is 25.4. The largest absolute Gasteiger partial charge is 0.385 e. The van der Waals surface area contributed by atoms with Gasteiger partial charge in [0.05, 0.1) is 0 Å². The lowest BCUT2D eigenvalue weighted by Crippen LogP contribution is -2.20. The lowest BCUT2D eigenvalue weighted by molar-refractivity contribution is 0.648. The van der Waals surface area contributed by atoms with Crippen molar-refractivity contribution in [3.05, 3.63) is 81.9 Å². The van der Waals surface area contributed by atoms with Crippen LogP contribution in [0.2, 0.25) is 0 Å². The molecule has 0 saturated carbocycles. The van der Waals surface area contributed by atoms with Crippen molar-refractivity contribution < 1.29 is 0 Å². The SMILES string of the molecule is Bc1c(C)c(C(C)C(=C)C)c(-c2ccc3c(c2)NCCC3)c(C)c1-c1c(C)cccc1CC(C)C. The van der Waals surface area contributed by atoms with Crippen molar-refractivity contribution in [2.45, 2.75) is 73.6 Å². The first-order valence-corrected chi connectivity index (χ1v) is 13.4. The minimum absolute atomic E-state index is 0.299. The van der Waals surface area contributed by atoms with E-state index in [1.54, 1.807) is 0 Å². The lowest BCUT2D eigenvalue weighted by atomic mass is 9.71. The van der Waals surface area contributed by atoms with E-state index in [0.29, 0.717) is 11.8 Å². The summed E-state index contributed by atoms with van der Waals surface area (Å²) in [6.45, 7) is 21.5. The average Bonchev–Trinajstić information content (AvgIpc) is 2.81. The number of rotatable bonds is 6. The molecule has 35 heavy (non-hydrogen) atoms. The molecule has 1 heterocycles. The summed E-state index contributed by atoms with van der Waals surface area (Å²) in [5.41, 5.74) is 18.0. The topological polar surface area (TPSA) is 12.0 Å². The summed E-state index contributed by atoms with van der Waals surface area (Å²) in [6.07, 6.45) is 3.47. The molecule has 1 aliphatic rings. The van der Waals surface area contributed by atoms with Crippen LogP contribution in [0.4, 0.5) is 5.69 Å². The number of nitrogens with one attached hydrogen (secondary N) is 1. The van der Waals surface area contributed by atoms with Crippen LogP contribution in [-0.4, -0.2) is 14.4 Å². The summed E-state index contributed by atoms with van der Waals surface area (Å²) in [4.78, 5) is 0. The van der Waals surface area contributed by atoms with Crippen LogP contribution in [0.1, 0.15) is 73.4 Å². The zero-order valence-corrected chi connectivity index (χ0v) is 23.2. The molecular weight excluding hydrogens is 421 g/mol. The highest BCUT2D eigenvalue weighted by atomic mass is 14.9. The van der Waals surface area contributed by atoms with Gasteiger partial charge in [-0.1, -0.05) is 74.3 Å². The van der Waals surface area contributed by atoms with Gasteiger partial charge < -0.3 is 5.32 Å². The molecule has 1 atom stereocenters. The second kappa shape index (κ2) is 10.1. The van der Waals surface area contributed by atoms with Gasteiger partial charge in [-0.2, -0.15) is 0 Å². The molecule has 1 nitrogen and oxygen atoms in total. The number of benzene rings is 3. The Labute approximate surface area is 214 Å². The van der Waals surface area contributed by atoms with E-state index in [1.807, 2.05) is 0 Å². The van der Waals surface area contributed by atoms with Crippen molar-refractivity contribution in [3.63, 3.8) is 0 Å². The number of anilines is 1. The van der Waals surface area contributed by atoms with E-state index in [2.05, 4.69) is 105 Å². The quantitative estimate of drug-likeness (QED) is 0.296. The predicted octanol–water partition coefficient (Wildman–Crippen LogP) is 7.44. The van der Waals surface area contributed by atoms with Gasteiger partial charge in [-0.15, -0.1) is 0 Å². The first kappa shape index (κ1) is 25.4. The van der Waals surface area contributed by atoms with E-state index in [0.717, 1.165) is 19.4 Å². The predicted molar refractivity (Wildman–Crippen MR) is 158 cm³/mol. The average molecular weight is 464 g/mol. The molecule has 1 N–H and O–H groups in total. The zero-order valence-electron chi connectivity index (χ0n) is 23.2. The van der Waals surface area contributed by atoms with Crippen molar-refractivity contribution >= 4 is 19.0 Å². The number of fused-ring (bicyclic) bond motifs is 1. The van der Waals surface area contributed by atoms with Gasteiger partial charge in [0, 0.05) is 18.2 Å². The summed E-state index contributed by atoms with van der Waals surface area (Å²) in [6, 6.07) is 13.9. The highest BCUT2D eigenvalue weighted by molar-refractivity contribution is 6.38. The molecule has 1 aliphatic heterocycles. The second-order valence-corrected chi connectivity index (χ2v) is 11.2. The van der Waals surface area contributed by atoms with E-state index in [9.17, 15) is 0 Å². The monoisotopic (exact) mass is 463 g/mol. The molecule has 3 aromatic carbocycles. The summed E-state index contributed by atoms with van der Waals surface area (Å²) in [5, 5.41) is 3.66. The number of allylic oxidation sites excluding steroid dienone is 1. The number of aryl methyl sites for hydroxylation is 2. The molecule has 0 fully saturated rings. The van der Waals surface area contributed by atoms with E-state index in [1.165, 1.54) is 78.8 Å². The summed E-state index contributed by atoms with van der Waals surface area (Å²) < 4.78 is 0. The molecule has 0 spiro atoms. The maximum atomic E-state index is 4.37. The van der Waals surface area contributed by atoms with Crippen molar-refractivity contribution in [1.82, 2.24) is 0 Å². The lowest BCUT2D eigenvalue weighted by Gasteiger charge is -2.29. The van der Waals surface area contributed by atoms with Crippen molar-refractivity contribution in [2.24, 2.45) is 5.92 Å². The third kappa shape index (κ3) is 4.73. The molecule has 0 bridgehead atoms. The van der Waals surface area contributed by atoms with Gasteiger partial charge in [0.25, 0.3) is 0 Å². The first-order valence-electron chi connectivity index (χ1n) is 13.4. The standard InChI is InChI=1S/C33H42BN/c1-19(2)17-26-12-9-11-21(5)29(26)32-23(7)31(30(22(6)20(3)4)24(8)33(32)34)27-15-14-25-13-10-16-35-28(25)18-27/h9,11-12,14-15,18-19,22,35H,3,10,13,16-17,34H2,1-2,4-8H3. The molecular formula is C33H42BN. The van der Waals surface area contributed by atoms with E-state index < -0.39 is 0 Å². The Morgan fingerprint density at radius 3 is 2.43 bits per heavy atom. The molecule has 4 rings (SSSR count). The van der Waals surface area contributed by atoms with Gasteiger partial charge >= 0.3 is 0 Å². The first-order chi connectivity index (χ1) is 16.6. The van der Waals surface area contributed by atoms with Gasteiger partial charge in [0.2, 0.25) is 0 Å². The molecule has 2 heteroatoms. The molecule has 1 unspecified atom stereocenters. The number of hydrogen-bond acceptors (Lipinski definition) is 1. The van der Waals surface area contributed by atoms with Crippen LogP contribution in [-0.2, 0) is 12.8 Å². The van der Waals surface area contributed by atoms with Crippen LogP contribution < -0.4 is 10.8 Å². The highest BCUT2D eigenvalue weighted by Gasteiger charge is 2.25. The maximum Gasteiger partial charge on any atom is 0.140 e. The smallest absolute Gasteiger partial charge is 0.140 e. The fourth-order valence-corrected chi connectivity index (χ4v) is 6.03. The van der Waals surface area contributed by atoms with E-state index >= 15 is 0 Å². The van der Waals surface area contributed by atoms with Gasteiger partial charge in [0.15, 0.2) is 0 Å². The third-order valence-electron chi connectivity index (χ3n) is 8.11. The van der Waals surface area contributed by atoms with Crippen LogP contribution in [0.3, 0.4) is 0 Å². The van der Waals surface area contributed by atoms with Crippen LogP contribution >= 0.6 is 0 Å². The molecule has 3 aromatic rings. The maximum absolute atomic E-state index is 4.37. The van der Waals surface area contributed by atoms with Crippen LogP contribution in [0.25, 0.3) is 22.3 Å². The molecule has 0 aromatic heterocycles. The Kier molecular flexibility index (Phi) is 7.31. The highest BCUT2D eigenvalue weighted by Crippen LogP contribution is 2.43. The molecule has 0 aliphatic carbocycles. The molecule has 0 saturated heterocycles. The summed E-state index contributed by atoms with van der Waals surface area (Å²) in [5.74, 6) is 0.915. The van der Waals surface area contributed by atoms with E-state index in [4.69, 9.17) is 0 Å². The van der Waals surface area contributed by atoms with Crippen molar-refractivity contribution in [3.8, 4) is 22.3 Å². The fourth-order valence-electron chi connectivity index (χ4n) is 6.03. The Morgan fingerprint density at radius 2 is 1.74 bits per heavy atom. The second-order valence-electron chi connectivity index (χ2n) is 11.2. The molecule has 0 amide bonds. The van der Waals surface area contributed by atoms with Crippen LogP contribution in [0, 0.1) is 26.7 Å². The Morgan fingerprint density at radius 1 is 1.00 bits per heavy atom. The Bertz CT molecular complexity index is 1280. The van der Waals surface area contributed by atoms with Gasteiger partial charge in [0.1, 0.15) is 7.85 Å². The molecule has 0 radical (unpaired) electrons. The molecule has 182 valence electrons. The van der Waals surface area contributed by atoms with Crippen LogP contribution in [0.15, 0.2) is 48.6 Å². The normalized spacial score (nSPS) is 13.9. The third-order valence-corrected chi connectivity index (χ3v) is 8.11. The minimum atomic E-state index is 0.299. The number of hydrogen-bond donors (Lipinski definition) is 1. The Balaban J connectivity index is 2.08. The van der Waals surface area contributed by atoms with Crippen LogP contribution in [0.5, 0.6) is 0 Å². The van der Waals surface area contributed by atoms with Gasteiger partial charge in [-0.25, -0.2) is 0 Å². The van der Waals surface area contributed by atoms with Crippen molar-refractivity contribution in [2.75, 3.05) is 11.9 Å². The van der Waals surface area contributed by atoms with Crippen molar-refractivity contribution in [1.29, 1.82) is 0 Å². The minimum Gasteiger partial charge on any atom is -0.385 e. The fraction of sp³-hybridized carbons (Fsp3) is 0.394. The van der Waals surface area contributed by atoms with Gasteiger partial charge in [-0.05, 0) is 109 Å². The summed E-state index contributed by atoms with van der Waals surface area (Å²) in [7, 11) is 2.33. The van der Waals surface area contributed by atoms with E-state index in [-0.39, 0.29) is 0 Å².